The molecule has 1 atom stereocenters. The van der Waals surface area contributed by atoms with Crippen LogP contribution in [0.1, 0.15) is 34.8 Å². The number of benzene rings is 2. The summed E-state index contributed by atoms with van der Waals surface area (Å²) in [6.07, 6.45) is 1.39. The Hall–Kier alpha value is -2.46. The number of hydrogen-bond acceptors (Lipinski definition) is 3. The van der Waals surface area contributed by atoms with Crippen LogP contribution >= 0.6 is 0 Å². The van der Waals surface area contributed by atoms with Gasteiger partial charge in [-0.05, 0) is 18.4 Å². The minimum absolute atomic E-state index is 0.00982. The quantitative estimate of drug-likeness (QED) is 0.880. The largest absolute Gasteiger partial charge is 0.341 e. The summed E-state index contributed by atoms with van der Waals surface area (Å²) in [5.74, 6) is 0.103. The predicted octanol–water partition coefficient (Wildman–Crippen LogP) is 2.81. The van der Waals surface area contributed by atoms with Crippen LogP contribution in [0.5, 0.6) is 0 Å². The first kappa shape index (κ1) is 16.4. The van der Waals surface area contributed by atoms with Crippen LogP contribution in [0.15, 0.2) is 60.7 Å². The van der Waals surface area contributed by atoms with E-state index in [2.05, 4.69) is 0 Å². The fourth-order valence-corrected chi connectivity index (χ4v) is 3.20. The Morgan fingerprint density at radius 2 is 1.46 bits per heavy atom. The second-order valence-electron chi connectivity index (χ2n) is 6.22. The number of ketones is 1. The first-order valence-corrected chi connectivity index (χ1v) is 8.35. The van der Waals surface area contributed by atoms with Crippen molar-refractivity contribution in [3.63, 3.8) is 0 Å². The van der Waals surface area contributed by atoms with Gasteiger partial charge >= 0.3 is 0 Å². The van der Waals surface area contributed by atoms with Gasteiger partial charge in [-0.1, -0.05) is 60.7 Å². The summed E-state index contributed by atoms with van der Waals surface area (Å²) in [4.78, 5) is 26.8. The molecule has 1 amide bonds. The molecule has 4 heteroatoms. The highest BCUT2D eigenvalue weighted by Crippen LogP contribution is 2.24. The molecule has 0 spiro atoms. The summed E-state index contributed by atoms with van der Waals surface area (Å²) >= 11 is 0. The third kappa shape index (κ3) is 3.54. The maximum Gasteiger partial charge on any atom is 0.244 e. The molecule has 1 heterocycles. The van der Waals surface area contributed by atoms with E-state index in [0.717, 1.165) is 11.1 Å². The molecular weight excluding hydrogens is 300 g/mol. The van der Waals surface area contributed by atoms with E-state index in [0.29, 0.717) is 25.9 Å². The number of carbonyl (C=O) groups excluding carboxylic acids is 2. The zero-order valence-corrected chi connectivity index (χ0v) is 13.6. The van der Waals surface area contributed by atoms with Crippen LogP contribution in [-0.4, -0.2) is 29.7 Å². The van der Waals surface area contributed by atoms with Crippen molar-refractivity contribution < 1.29 is 9.59 Å². The first-order valence-electron chi connectivity index (χ1n) is 8.35. The maximum absolute atomic E-state index is 12.6. The SMILES string of the molecule is NC(C(=O)N1CCC(C(=O)c2ccccc2)CC1)c1ccccc1. The molecule has 0 saturated carbocycles. The Morgan fingerprint density at radius 3 is 2.04 bits per heavy atom. The van der Waals surface area contributed by atoms with Crippen molar-refractivity contribution in [3.05, 3.63) is 71.8 Å². The minimum Gasteiger partial charge on any atom is -0.341 e. The monoisotopic (exact) mass is 322 g/mol. The van der Waals surface area contributed by atoms with E-state index < -0.39 is 6.04 Å². The highest BCUT2D eigenvalue weighted by Gasteiger charge is 2.30. The molecule has 2 aromatic carbocycles. The Balaban J connectivity index is 1.59. The van der Waals surface area contributed by atoms with Crippen molar-refractivity contribution in [1.82, 2.24) is 4.90 Å². The summed E-state index contributed by atoms with van der Waals surface area (Å²) in [5, 5.41) is 0. The van der Waals surface area contributed by atoms with Crippen LogP contribution in [0.4, 0.5) is 0 Å². The summed E-state index contributed by atoms with van der Waals surface area (Å²) in [7, 11) is 0. The Kier molecular flexibility index (Phi) is 5.06. The third-order valence-electron chi connectivity index (χ3n) is 4.66. The Labute approximate surface area is 142 Å². The lowest BCUT2D eigenvalue weighted by molar-refractivity contribution is -0.134. The van der Waals surface area contributed by atoms with Gasteiger partial charge in [0.2, 0.25) is 5.91 Å². The predicted molar refractivity (Wildman–Crippen MR) is 93.4 cm³/mol. The molecule has 0 bridgehead atoms. The average Bonchev–Trinajstić information content (AvgIpc) is 2.68. The number of nitrogens with two attached hydrogens (primary N) is 1. The van der Waals surface area contributed by atoms with Gasteiger partial charge in [0.25, 0.3) is 0 Å². The summed E-state index contributed by atoms with van der Waals surface area (Å²) < 4.78 is 0. The van der Waals surface area contributed by atoms with Gasteiger partial charge in [-0.3, -0.25) is 9.59 Å². The van der Waals surface area contributed by atoms with Crippen molar-refractivity contribution in [2.75, 3.05) is 13.1 Å². The first-order chi connectivity index (χ1) is 11.7. The van der Waals surface area contributed by atoms with Crippen LogP contribution in [0.25, 0.3) is 0 Å². The highest BCUT2D eigenvalue weighted by molar-refractivity contribution is 5.98. The number of amides is 1. The van der Waals surface area contributed by atoms with Crippen LogP contribution < -0.4 is 5.73 Å². The number of nitrogens with zero attached hydrogens (tertiary/aromatic N) is 1. The molecule has 124 valence electrons. The van der Waals surface area contributed by atoms with Crippen LogP contribution in [-0.2, 0) is 4.79 Å². The molecule has 1 unspecified atom stereocenters. The molecule has 2 aromatic rings. The van der Waals surface area contributed by atoms with E-state index in [1.165, 1.54) is 0 Å². The van der Waals surface area contributed by atoms with Gasteiger partial charge in [0.1, 0.15) is 6.04 Å². The molecule has 3 rings (SSSR count). The molecular formula is C20H22N2O2. The molecule has 1 aliphatic heterocycles. The van der Waals surface area contributed by atoms with Crippen molar-refractivity contribution in [2.45, 2.75) is 18.9 Å². The lowest BCUT2D eigenvalue weighted by Crippen LogP contribution is -2.44. The zero-order valence-electron chi connectivity index (χ0n) is 13.6. The number of likely N-dealkylation sites (tertiary alicyclic amines) is 1. The fourth-order valence-electron chi connectivity index (χ4n) is 3.20. The van der Waals surface area contributed by atoms with Gasteiger partial charge in [-0.15, -0.1) is 0 Å². The standard InChI is InChI=1S/C20H22N2O2/c21-18(15-7-3-1-4-8-15)20(24)22-13-11-17(12-14-22)19(23)16-9-5-2-6-10-16/h1-10,17-18H,11-14,21H2. The normalized spacial score (nSPS) is 16.6. The van der Waals surface area contributed by atoms with E-state index in [9.17, 15) is 9.59 Å². The van der Waals surface area contributed by atoms with Crippen molar-refractivity contribution in [1.29, 1.82) is 0 Å². The van der Waals surface area contributed by atoms with Gasteiger partial charge < -0.3 is 10.6 Å². The molecule has 0 aliphatic carbocycles. The molecule has 0 radical (unpaired) electrons. The van der Waals surface area contributed by atoms with E-state index in [4.69, 9.17) is 5.73 Å². The maximum atomic E-state index is 12.6. The number of carbonyl (C=O) groups is 2. The average molecular weight is 322 g/mol. The summed E-state index contributed by atoms with van der Waals surface area (Å²) in [6.45, 7) is 1.17. The lowest BCUT2D eigenvalue weighted by Gasteiger charge is -2.33. The van der Waals surface area contributed by atoms with Crippen LogP contribution in [0.2, 0.25) is 0 Å². The number of Topliss-reactive ketones (excluding diaryl/α,β-unsaturated/α-hetero) is 1. The van der Waals surface area contributed by atoms with Gasteiger partial charge in [0, 0.05) is 24.6 Å². The Morgan fingerprint density at radius 1 is 0.917 bits per heavy atom. The molecule has 1 fully saturated rings. The van der Waals surface area contributed by atoms with E-state index in [-0.39, 0.29) is 17.6 Å². The molecule has 2 N–H and O–H groups in total. The Bertz CT molecular complexity index is 692. The number of piperidine rings is 1. The smallest absolute Gasteiger partial charge is 0.244 e. The molecule has 4 nitrogen and oxygen atoms in total. The second-order valence-corrected chi connectivity index (χ2v) is 6.22. The van der Waals surface area contributed by atoms with Crippen molar-refractivity contribution >= 4 is 11.7 Å². The topological polar surface area (TPSA) is 63.4 Å². The highest BCUT2D eigenvalue weighted by atomic mass is 16.2. The molecule has 0 aromatic heterocycles. The van der Waals surface area contributed by atoms with E-state index >= 15 is 0 Å². The zero-order chi connectivity index (χ0) is 16.9. The lowest BCUT2D eigenvalue weighted by atomic mass is 9.88. The summed E-state index contributed by atoms with van der Waals surface area (Å²) in [6, 6.07) is 18.1. The van der Waals surface area contributed by atoms with Crippen LogP contribution in [0, 0.1) is 5.92 Å². The number of hydrogen-bond donors (Lipinski definition) is 1. The minimum atomic E-state index is -0.632. The van der Waals surface area contributed by atoms with Gasteiger partial charge in [0.15, 0.2) is 5.78 Å². The molecule has 1 aliphatic rings. The summed E-state index contributed by atoms with van der Waals surface area (Å²) in [5.41, 5.74) is 7.67. The molecule has 24 heavy (non-hydrogen) atoms. The molecule has 1 saturated heterocycles. The van der Waals surface area contributed by atoms with Crippen molar-refractivity contribution in [3.8, 4) is 0 Å². The number of rotatable bonds is 4. The van der Waals surface area contributed by atoms with E-state index in [1.54, 1.807) is 4.90 Å². The van der Waals surface area contributed by atoms with Crippen molar-refractivity contribution in [2.24, 2.45) is 11.7 Å². The van der Waals surface area contributed by atoms with Gasteiger partial charge in [0.05, 0.1) is 0 Å². The van der Waals surface area contributed by atoms with E-state index in [1.807, 2.05) is 60.7 Å². The van der Waals surface area contributed by atoms with Gasteiger partial charge in [-0.2, -0.15) is 0 Å². The van der Waals surface area contributed by atoms with Crippen LogP contribution in [0.3, 0.4) is 0 Å². The second kappa shape index (κ2) is 7.41. The van der Waals surface area contributed by atoms with Gasteiger partial charge in [-0.25, -0.2) is 0 Å². The third-order valence-corrected chi connectivity index (χ3v) is 4.66. The fraction of sp³-hybridized carbons (Fsp3) is 0.300.